The van der Waals surface area contributed by atoms with Gasteiger partial charge in [-0.15, -0.1) is 5.54 Å². The molecule has 1 saturated carbocycles. The fourth-order valence-electron chi connectivity index (χ4n) is 5.68. The van der Waals surface area contributed by atoms with Gasteiger partial charge in [-0.1, -0.05) is 125 Å². The van der Waals surface area contributed by atoms with Crippen LogP contribution < -0.4 is 0 Å². The minimum absolute atomic E-state index is 0. The van der Waals surface area contributed by atoms with E-state index in [1.165, 1.54) is 5.56 Å². The van der Waals surface area contributed by atoms with Crippen LogP contribution in [0.15, 0.2) is 78.9 Å². The van der Waals surface area contributed by atoms with Crippen LogP contribution in [0.3, 0.4) is 0 Å². The molecule has 0 N–H and O–H groups in total. The van der Waals surface area contributed by atoms with Gasteiger partial charge in [0.2, 0.25) is 0 Å². The first-order valence-electron chi connectivity index (χ1n) is 9.90. The predicted molar refractivity (Wildman–Crippen MR) is 134 cm³/mol. The maximum Gasteiger partial charge on any atom is 4.00 e. The van der Waals surface area contributed by atoms with Gasteiger partial charge >= 0.3 is 21.7 Å². The summed E-state index contributed by atoms with van der Waals surface area (Å²) in [4.78, 5) is 5.60. The molecule has 1 aromatic carbocycles. The number of hydrogen-bond acceptors (Lipinski definition) is 0. The standard InChI is InChI=1S/C24H30NSi.3CH3.Ti/c1-24(2,18-12-6-5-7-13-18)25-26(3,4)23-21-16-10-8-14-19(21)20-15-9-11-17-22(20)23;;;;/h5-17,19-23H,1-4H3;3*1H3;/q4*-1;+4. The molecule has 0 bridgehead atoms. The second-order valence-corrected chi connectivity index (χ2v) is 13.3. The van der Waals surface area contributed by atoms with E-state index >= 15 is 0 Å². The molecule has 4 unspecified atom stereocenters. The monoisotopic (exact) mass is 453 g/mol. The van der Waals surface area contributed by atoms with Crippen LogP contribution in [-0.2, 0) is 27.3 Å². The van der Waals surface area contributed by atoms with Crippen LogP contribution in [0.25, 0.3) is 4.98 Å². The van der Waals surface area contributed by atoms with Gasteiger partial charge < -0.3 is 27.3 Å². The topological polar surface area (TPSA) is 14.1 Å². The number of hydrogen-bond donors (Lipinski definition) is 0. The summed E-state index contributed by atoms with van der Waals surface area (Å²) in [6.45, 7) is 9.54. The maximum absolute atomic E-state index is 5.60. The summed E-state index contributed by atoms with van der Waals surface area (Å²) in [5.41, 5.74) is 1.85. The van der Waals surface area contributed by atoms with Crippen molar-refractivity contribution in [1.29, 1.82) is 0 Å². The second-order valence-electron chi connectivity index (χ2n) is 9.07. The zero-order chi connectivity index (χ0) is 18.4. The molecule has 160 valence electrons. The third-order valence-corrected chi connectivity index (χ3v) is 10.1. The molecule has 1 aromatic rings. The van der Waals surface area contributed by atoms with Crippen molar-refractivity contribution in [3.8, 4) is 0 Å². The van der Waals surface area contributed by atoms with Crippen molar-refractivity contribution in [2.75, 3.05) is 0 Å². The van der Waals surface area contributed by atoms with Gasteiger partial charge in [0, 0.05) is 0 Å². The van der Waals surface area contributed by atoms with Gasteiger partial charge in [0.05, 0.1) is 0 Å². The first-order valence-corrected chi connectivity index (χ1v) is 12.9. The average molecular weight is 454 g/mol. The van der Waals surface area contributed by atoms with Gasteiger partial charge in [0.25, 0.3) is 0 Å². The van der Waals surface area contributed by atoms with E-state index in [0.29, 0.717) is 29.2 Å². The summed E-state index contributed by atoms with van der Waals surface area (Å²) in [7, 11) is -1.85. The Kier molecular flexibility index (Phi) is 10.7. The van der Waals surface area contributed by atoms with Crippen LogP contribution in [-0.4, -0.2) is 8.24 Å². The van der Waals surface area contributed by atoms with Crippen molar-refractivity contribution in [1.82, 2.24) is 0 Å². The van der Waals surface area contributed by atoms with E-state index in [4.69, 9.17) is 4.98 Å². The molecule has 3 heteroatoms. The average Bonchev–Trinajstić information content (AvgIpc) is 2.97. The summed E-state index contributed by atoms with van der Waals surface area (Å²) in [6, 6.07) is 10.8. The van der Waals surface area contributed by atoms with Crippen molar-refractivity contribution in [2.45, 2.75) is 38.0 Å². The summed E-state index contributed by atoms with van der Waals surface area (Å²) in [5, 5.41) is 0. The Morgan fingerprint density at radius 3 is 1.53 bits per heavy atom. The zero-order valence-corrected chi connectivity index (χ0v) is 22.4. The summed E-state index contributed by atoms with van der Waals surface area (Å²) in [5.74, 6) is 2.52. The molecule has 4 atom stereocenters. The predicted octanol–water partition coefficient (Wildman–Crippen LogP) is 7.95. The molecule has 0 aliphatic heterocycles. The molecule has 0 saturated heterocycles. The molecule has 4 rings (SSSR count). The van der Waals surface area contributed by atoms with Crippen LogP contribution in [0.5, 0.6) is 0 Å². The quantitative estimate of drug-likeness (QED) is 0.324. The fourth-order valence-corrected chi connectivity index (χ4v) is 9.94. The van der Waals surface area contributed by atoms with Gasteiger partial charge in [0.15, 0.2) is 0 Å². The van der Waals surface area contributed by atoms with Crippen LogP contribution in [0.2, 0.25) is 18.6 Å². The Bertz CT molecular complexity index is 741. The molecule has 0 spiro atoms. The first kappa shape index (κ1) is 29.1. The molecule has 0 amide bonds. The molecule has 3 aliphatic carbocycles. The van der Waals surface area contributed by atoms with Gasteiger partial charge in [-0.3, -0.25) is 0 Å². The SMILES string of the molecule is CC(C)([N-][Si](C)(C)C1C2C=CC=CC2C2C=CC=CC21)c1ccccc1.[CH3-].[CH3-].[CH3-].[Ti+4]. The number of nitrogens with zero attached hydrogens (tertiary/aromatic N) is 1. The minimum Gasteiger partial charge on any atom is -0.656 e. The third-order valence-electron chi connectivity index (χ3n) is 6.58. The van der Waals surface area contributed by atoms with Crippen molar-refractivity contribution in [2.24, 2.45) is 23.7 Å². The molecule has 1 nitrogen and oxygen atoms in total. The van der Waals surface area contributed by atoms with E-state index in [-0.39, 0.29) is 49.5 Å². The van der Waals surface area contributed by atoms with E-state index in [1.807, 2.05) is 0 Å². The number of rotatable bonds is 4. The van der Waals surface area contributed by atoms with Crippen molar-refractivity contribution < 1.29 is 21.7 Å². The minimum atomic E-state index is -1.85. The summed E-state index contributed by atoms with van der Waals surface area (Å²) in [6.07, 6.45) is 18.8. The van der Waals surface area contributed by atoms with Crippen LogP contribution in [0.4, 0.5) is 0 Å². The van der Waals surface area contributed by atoms with Crippen molar-refractivity contribution in [3.05, 3.63) is 112 Å². The summed E-state index contributed by atoms with van der Waals surface area (Å²) < 4.78 is 0. The zero-order valence-electron chi connectivity index (χ0n) is 19.8. The van der Waals surface area contributed by atoms with Gasteiger partial charge in [0.1, 0.15) is 0 Å². The molecule has 0 aromatic heterocycles. The number of allylic oxidation sites excluding steroid dienone is 8. The maximum atomic E-state index is 5.60. The fraction of sp³-hybridized carbons (Fsp3) is 0.370. The van der Waals surface area contributed by atoms with Gasteiger partial charge in [-0.2, -0.15) is 0 Å². The van der Waals surface area contributed by atoms with Crippen molar-refractivity contribution in [3.63, 3.8) is 0 Å². The molecule has 3 aliphatic rings. The van der Waals surface area contributed by atoms with Crippen LogP contribution in [0, 0.1) is 46.0 Å². The Morgan fingerprint density at radius 2 is 1.10 bits per heavy atom. The van der Waals surface area contributed by atoms with Crippen LogP contribution in [0.1, 0.15) is 19.4 Å². The molecular formula is C27H39NSiTi. The molecule has 0 radical (unpaired) electrons. The van der Waals surface area contributed by atoms with E-state index < -0.39 is 8.24 Å². The van der Waals surface area contributed by atoms with E-state index in [0.717, 1.165) is 0 Å². The Balaban J connectivity index is 0.00000210. The summed E-state index contributed by atoms with van der Waals surface area (Å²) >= 11 is 0. The van der Waals surface area contributed by atoms with Crippen molar-refractivity contribution >= 4 is 8.24 Å². The van der Waals surface area contributed by atoms with E-state index in [9.17, 15) is 0 Å². The normalized spacial score (nSPS) is 28.2. The molecule has 0 heterocycles. The molecule has 1 fully saturated rings. The number of benzene rings is 1. The van der Waals surface area contributed by atoms with E-state index in [1.54, 1.807) is 0 Å². The Morgan fingerprint density at radius 1 is 0.700 bits per heavy atom. The second kappa shape index (κ2) is 11.1. The van der Waals surface area contributed by atoms with Gasteiger partial charge in [-0.25, -0.2) is 0 Å². The Labute approximate surface area is 202 Å². The molecule has 30 heavy (non-hydrogen) atoms. The van der Waals surface area contributed by atoms with Crippen LogP contribution >= 0.6 is 0 Å². The largest absolute Gasteiger partial charge is 4.00 e. The third kappa shape index (κ3) is 5.27. The van der Waals surface area contributed by atoms with E-state index in [2.05, 4.69) is 106 Å². The molecular weight excluding hydrogens is 414 g/mol. The Hall–Kier alpha value is -0.929. The first-order chi connectivity index (χ1) is 12.4. The van der Waals surface area contributed by atoms with Gasteiger partial charge in [-0.05, 0) is 23.7 Å². The smallest absolute Gasteiger partial charge is 0.656 e. The number of fused-ring (bicyclic) bond motifs is 3.